The molecule has 0 bridgehead atoms. The molecule has 4 rings (SSSR count). The Bertz CT molecular complexity index is 1260. The number of carbonyl (C=O) groups is 1. The summed E-state index contributed by atoms with van der Waals surface area (Å²) in [5.74, 6) is 0.0230. The Morgan fingerprint density at radius 3 is 2.51 bits per heavy atom. The van der Waals surface area contributed by atoms with Gasteiger partial charge in [0.25, 0.3) is 5.91 Å². The molecular weight excluding hydrogens is 557 g/mol. The zero-order valence-electron chi connectivity index (χ0n) is 26.7. The number of halogens is 3. The summed E-state index contributed by atoms with van der Waals surface area (Å²) in [6.45, 7) is 14.3. The molecule has 1 aromatic heterocycles. The van der Waals surface area contributed by atoms with Crippen molar-refractivity contribution in [1.29, 1.82) is 0 Å². The third-order valence-corrected chi connectivity index (χ3v) is 7.21. The number of pyridine rings is 1. The van der Waals surface area contributed by atoms with Crippen LogP contribution in [0.2, 0.25) is 0 Å². The fraction of sp³-hybridized carbons (Fsp3) is 0.500. The predicted molar refractivity (Wildman–Crippen MR) is 172 cm³/mol. The van der Waals surface area contributed by atoms with Gasteiger partial charge in [-0.25, -0.2) is 0 Å². The summed E-state index contributed by atoms with van der Waals surface area (Å²) < 4.78 is 46.2. The minimum Gasteiger partial charge on any atom is -0.495 e. The number of methoxy groups -OCH3 is 1. The van der Waals surface area contributed by atoms with Crippen molar-refractivity contribution in [3.63, 3.8) is 0 Å². The summed E-state index contributed by atoms with van der Waals surface area (Å²) in [6.07, 6.45) is 7.23. The van der Waals surface area contributed by atoms with Crippen molar-refractivity contribution < 1.29 is 25.6 Å². The van der Waals surface area contributed by atoms with Crippen molar-refractivity contribution in [2.75, 3.05) is 13.7 Å². The van der Waals surface area contributed by atoms with Crippen LogP contribution in [0.5, 0.6) is 5.75 Å². The highest BCUT2D eigenvalue weighted by Crippen LogP contribution is 2.60. The number of hydrogen-bond donors (Lipinski definition) is 5. The minimum absolute atomic E-state index is 0. The number of nitrogens with one attached hydrogen (secondary N) is 3. The van der Waals surface area contributed by atoms with Gasteiger partial charge in [0.15, 0.2) is 0 Å². The van der Waals surface area contributed by atoms with Crippen LogP contribution >= 0.6 is 0 Å². The van der Waals surface area contributed by atoms with Gasteiger partial charge in [-0.05, 0) is 25.5 Å². The smallest absolute Gasteiger partial charge is 0.416 e. The van der Waals surface area contributed by atoms with Gasteiger partial charge in [-0.1, -0.05) is 65.3 Å². The molecule has 1 aromatic rings. The quantitative estimate of drug-likeness (QED) is 0.208. The summed E-state index contributed by atoms with van der Waals surface area (Å²) in [7, 11) is 1.55. The Balaban J connectivity index is 0. The summed E-state index contributed by atoms with van der Waals surface area (Å²) in [4.78, 5) is 17.3. The van der Waals surface area contributed by atoms with E-state index >= 15 is 0 Å². The van der Waals surface area contributed by atoms with E-state index in [0.29, 0.717) is 47.7 Å². The van der Waals surface area contributed by atoms with Crippen LogP contribution in [0.4, 0.5) is 13.2 Å². The normalized spacial score (nSPS) is 22.4. The van der Waals surface area contributed by atoms with E-state index in [4.69, 9.17) is 10.5 Å². The highest BCUT2D eigenvalue weighted by molar-refractivity contribution is 5.95. The van der Waals surface area contributed by atoms with Crippen LogP contribution in [0.1, 0.15) is 69.7 Å². The first kappa shape index (κ1) is 37.5. The molecule has 0 radical (unpaired) electrons. The third kappa shape index (κ3) is 9.72. The van der Waals surface area contributed by atoms with Crippen molar-refractivity contribution >= 4 is 11.6 Å². The second kappa shape index (κ2) is 16.3. The van der Waals surface area contributed by atoms with E-state index in [1.807, 2.05) is 54.5 Å². The zero-order chi connectivity index (χ0) is 31.7. The largest absolute Gasteiger partial charge is 0.495 e. The number of nitrogens with two attached hydrogens (primary N) is 1. The lowest BCUT2D eigenvalue weighted by Crippen LogP contribution is -2.36. The van der Waals surface area contributed by atoms with Crippen LogP contribution in [0.3, 0.4) is 0 Å². The Labute approximate surface area is 257 Å². The Morgan fingerprint density at radius 2 is 1.91 bits per heavy atom. The zero-order valence-corrected chi connectivity index (χ0v) is 26.7. The first-order valence-corrected chi connectivity index (χ1v) is 14.6. The minimum atomic E-state index is -4.49. The topological polar surface area (TPSA) is 136 Å². The average molecular weight is 611 g/mol. The monoisotopic (exact) mass is 610 g/mol. The maximum Gasteiger partial charge on any atom is 0.416 e. The van der Waals surface area contributed by atoms with Crippen molar-refractivity contribution in [3.8, 4) is 5.75 Å². The van der Waals surface area contributed by atoms with Gasteiger partial charge < -0.3 is 32.6 Å². The molecule has 0 saturated heterocycles. The summed E-state index contributed by atoms with van der Waals surface area (Å²) in [5.41, 5.74) is 7.77. The standard InChI is InChI=1S/C28H34F3N5O2.2C2H6.H3N.2H2/c1-16(2)35-15-27-10-20(28(29,30)31)9-25(22(27)11-27)36-26(37)18-6-5-17(3)24(8-18)34-14-23(32)19-7-21(38-4)13-33-12-19;2*1-2;;;/h5-7,9-10,12-14,16,22,24,34-35H,8,11,15,32H2,1-4H3,(H,36,37);2*1-2H3;1H3;2*1H/b23-14-;;;;;. The van der Waals surface area contributed by atoms with E-state index in [9.17, 15) is 18.0 Å². The molecule has 3 aliphatic rings. The third-order valence-electron chi connectivity index (χ3n) is 7.21. The highest BCUT2D eigenvalue weighted by atomic mass is 19.4. The number of nitrogens with zero attached hydrogens (tertiary/aromatic N) is 1. The lowest BCUT2D eigenvalue weighted by molar-refractivity contribution is -0.117. The number of carbonyl (C=O) groups excluding carboxylic acids is 1. The van der Waals surface area contributed by atoms with E-state index < -0.39 is 23.1 Å². The number of ether oxygens (including phenoxy) is 1. The van der Waals surface area contributed by atoms with E-state index in [1.54, 1.807) is 37.8 Å². The average Bonchev–Trinajstić information content (AvgIpc) is 3.72. The van der Waals surface area contributed by atoms with Gasteiger partial charge in [-0.15, -0.1) is 0 Å². The van der Waals surface area contributed by atoms with Crippen molar-refractivity contribution in [3.05, 3.63) is 76.9 Å². The molecule has 3 unspecified atom stereocenters. The second-order valence-corrected chi connectivity index (χ2v) is 10.4. The Morgan fingerprint density at radius 1 is 1.23 bits per heavy atom. The highest BCUT2D eigenvalue weighted by Gasteiger charge is 2.58. The van der Waals surface area contributed by atoms with Crippen LogP contribution in [0.15, 0.2) is 71.4 Å². The molecule has 0 aromatic carbocycles. The maximum absolute atomic E-state index is 13.7. The molecule has 43 heavy (non-hydrogen) atoms. The van der Waals surface area contributed by atoms with Gasteiger partial charge in [0.1, 0.15) is 5.75 Å². The molecule has 1 heterocycles. The lowest BCUT2D eigenvalue weighted by atomic mass is 9.91. The SMILES string of the molecule is CC.CC.COc1cncc(/C(N)=C/NC2CC(C(=O)NC3=CC(C(F)(F)F)=CC4(CNC(C)C)CC34)=CC=C2C)c1.N.[HH].[HH]. The van der Waals surface area contributed by atoms with Crippen LogP contribution in [0.25, 0.3) is 5.70 Å². The lowest BCUT2D eigenvalue weighted by Gasteiger charge is -2.26. The van der Waals surface area contributed by atoms with Crippen LogP contribution in [-0.2, 0) is 4.79 Å². The van der Waals surface area contributed by atoms with Crippen molar-refractivity contribution in [2.45, 2.75) is 79.6 Å². The summed E-state index contributed by atoms with van der Waals surface area (Å²) >= 11 is 0. The van der Waals surface area contributed by atoms with Gasteiger partial charge >= 0.3 is 6.18 Å². The first-order chi connectivity index (χ1) is 19.9. The number of aromatic nitrogens is 1. The van der Waals surface area contributed by atoms with Crippen molar-refractivity contribution in [2.24, 2.45) is 17.1 Å². The Hall–Kier alpha value is -3.57. The molecule has 1 amide bonds. The van der Waals surface area contributed by atoms with E-state index in [2.05, 4.69) is 20.9 Å². The van der Waals surface area contributed by atoms with E-state index in [1.165, 1.54) is 6.08 Å². The number of allylic oxidation sites excluding steroid dienone is 5. The first-order valence-electron chi connectivity index (χ1n) is 14.6. The Kier molecular flexibility index (Phi) is 14.2. The van der Waals surface area contributed by atoms with Gasteiger partial charge in [0.2, 0.25) is 0 Å². The van der Waals surface area contributed by atoms with Gasteiger partial charge in [-0.2, -0.15) is 13.2 Å². The van der Waals surface area contributed by atoms with E-state index in [0.717, 1.165) is 11.6 Å². The molecule has 0 aliphatic heterocycles. The molecule has 1 saturated carbocycles. The van der Waals surface area contributed by atoms with Crippen LogP contribution in [-0.4, -0.2) is 42.8 Å². The van der Waals surface area contributed by atoms with Crippen LogP contribution < -0.4 is 32.6 Å². The molecule has 244 valence electrons. The molecule has 3 atom stereocenters. The molecule has 1 fully saturated rings. The molecular formula is C32H53F3N6O2. The predicted octanol–water partition coefficient (Wildman–Crippen LogP) is 6.80. The molecule has 0 spiro atoms. The fourth-order valence-corrected chi connectivity index (χ4v) is 4.78. The second-order valence-electron chi connectivity index (χ2n) is 10.4. The number of alkyl halides is 3. The van der Waals surface area contributed by atoms with Crippen LogP contribution in [0, 0.1) is 11.3 Å². The van der Waals surface area contributed by atoms with Gasteiger partial charge in [0.05, 0.1) is 30.6 Å². The molecule has 8 N–H and O–H groups in total. The van der Waals surface area contributed by atoms with Gasteiger partial charge in [-0.3, -0.25) is 9.78 Å². The molecule has 8 nitrogen and oxygen atoms in total. The fourth-order valence-electron chi connectivity index (χ4n) is 4.78. The number of amides is 1. The maximum atomic E-state index is 13.7. The molecule has 11 heteroatoms. The molecule has 3 aliphatic carbocycles. The van der Waals surface area contributed by atoms with Gasteiger partial charge in [0, 0.05) is 62.4 Å². The summed E-state index contributed by atoms with van der Waals surface area (Å²) in [5, 5.41) is 9.30. The summed E-state index contributed by atoms with van der Waals surface area (Å²) in [6, 6.07) is 1.70. The number of fused-ring (bicyclic) bond motifs is 1. The number of hydrogen-bond acceptors (Lipinski definition) is 7. The number of rotatable bonds is 9. The van der Waals surface area contributed by atoms with E-state index in [-0.39, 0.29) is 27.0 Å². The van der Waals surface area contributed by atoms with Crippen molar-refractivity contribution in [1.82, 2.24) is 27.1 Å².